The van der Waals surface area contributed by atoms with E-state index in [9.17, 15) is 0 Å². The minimum atomic E-state index is 0.759. The lowest BCUT2D eigenvalue weighted by Gasteiger charge is -1.87. The quantitative estimate of drug-likeness (QED) is 0.469. The van der Waals surface area contributed by atoms with Crippen LogP contribution in [-0.2, 0) is 0 Å². The Bertz CT molecular complexity index is 146. The lowest BCUT2D eigenvalue weighted by Crippen LogP contribution is -1.74. The summed E-state index contributed by atoms with van der Waals surface area (Å²) in [5.41, 5.74) is 1.26. The van der Waals surface area contributed by atoms with Crippen LogP contribution in [-0.4, -0.2) is 0 Å². The van der Waals surface area contributed by atoms with Gasteiger partial charge in [-0.05, 0) is 25.7 Å². The zero-order valence-electron chi connectivity index (χ0n) is 5.02. The molecule has 1 fully saturated rings. The van der Waals surface area contributed by atoms with Crippen LogP contribution in [0.5, 0.6) is 0 Å². The largest absolute Gasteiger partial charge is 0.193 e. The Morgan fingerprint density at radius 3 is 2.75 bits per heavy atom. The van der Waals surface area contributed by atoms with Crippen LogP contribution in [0.2, 0.25) is 0 Å². The average Bonchev–Trinajstić information content (AvgIpc) is 2.45. The summed E-state index contributed by atoms with van der Waals surface area (Å²) in [7, 11) is 0. The standard InChI is InChI=1S/C7H9N/c1-6(4-5-8)7-2-3-7/h4,7H,2-3H2,1H3/b6-4+. The Morgan fingerprint density at radius 1 is 1.75 bits per heavy atom. The van der Waals surface area contributed by atoms with E-state index in [1.54, 1.807) is 6.08 Å². The van der Waals surface area contributed by atoms with E-state index in [-0.39, 0.29) is 0 Å². The molecule has 0 heterocycles. The molecule has 1 rings (SSSR count). The minimum absolute atomic E-state index is 0.759. The lowest BCUT2D eigenvalue weighted by molar-refractivity contribution is 1.01. The van der Waals surface area contributed by atoms with Gasteiger partial charge in [0.05, 0.1) is 6.07 Å². The molecule has 0 radical (unpaired) electrons. The molecule has 1 nitrogen and oxygen atoms in total. The van der Waals surface area contributed by atoms with Crippen molar-refractivity contribution in [3.63, 3.8) is 0 Å². The van der Waals surface area contributed by atoms with E-state index in [2.05, 4.69) is 0 Å². The fraction of sp³-hybridized carbons (Fsp3) is 0.571. The van der Waals surface area contributed by atoms with Crippen molar-refractivity contribution in [3.05, 3.63) is 11.6 Å². The summed E-state index contributed by atoms with van der Waals surface area (Å²) in [6.07, 6.45) is 4.24. The molecule has 0 saturated heterocycles. The third-order valence-electron chi connectivity index (χ3n) is 1.51. The zero-order valence-corrected chi connectivity index (χ0v) is 5.02. The Labute approximate surface area is 49.6 Å². The van der Waals surface area contributed by atoms with Crippen LogP contribution in [0, 0.1) is 17.2 Å². The third kappa shape index (κ3) is 1.10. The van der Waals surface area contributed by atoms with Crippen LogP contribution in [0.4, 0.5) is 0 Å². The van der Waals surface area contributed by atoms with Gasteiger partial charge in [-0.15, -0.1) is 0 Å². The van der Waals surface area contributed by atoms with E-state index in [4.69, 9.17) is 5.26 Å². The lowest BCUT2D eigenvalue weighted by atomic mass is 10.2. The monoisotopic (exact) mass is 107 g/mol. The molecule has 0 aliphatic heterocycles. The molecule has 0 aromatic heterocycles. The van der Waals surface area contributed by atoms with Crippen LogP contribution < -0.4 is 0 Å². The molecule has 0 spiro atoms. The molecule has 0 aromatic carbocycles. The average molecular weight is 107 g/mol. The predicted molar refractivity (Wildman–Crippen MR) is 32.1 cm³/mol. The highest BCUT2D eigenvalue weighted by Gasteiger charge is 2.22. The number of rotatable bonds is 1. The van der Waals surface area contributed by atoms with Gasteiger partial charge in [0.1, 0.15) is 0 Å². The van der Waals surface area contributed by atoms with Crippen LogP contribution in [0.3, 0.4) is 0 Å². The van der Waals surface area contributed by atoms with Gasteiger partial charge in [-0.1, -0.05) is 5.57 Å². The summed E-state index contributed by atoms with van der Waals surface area (Å²) in [5.74, 6) is 0.759. The molecule has 0 bridgehead atoms. The van der Waals surface area contributed by atoms with Crippen LogP contribution >= 0.6 is 0 Å². The van der Waals surface area contributed by atoms with E-state index in [0.29, 0.717) is 0 Å². The second kappa shape index (κ2) is 2.00. The summed E-state index contributed by atoms with van der Waals surface area (Å²) in [6.45, 7) is 2.03. The summed E-state index contributed by atoms with van der Waals surface area (Å²) in [5, 5.41) is 8.19. The van der Waals surface area contributed by atoms with E-state index in [1.807, 2.05) is 13.0 Å². The predicted octanol–water partition coefficient (Wildman–Crippen LogP) is 1.87. The first-order valence-electron chi connectivity index (χ1n) is 2.91. The molecule has 0 aromatic rings. The van der Waals surface area contributed by atoms with Crippen molar-refractivity contribution in [3.8, 4) is 6.07 Å². The molecular formula is C7H9N. The Balaban J connectivity index is 2.45. The van der Waals surface area contributed by atoms with E-state index in [0.717, 1.165) is 5.92 Å². The third-order valence-corrected chi connectivity index (χ3v) is 1.51. The highest BCUT2D eigenvalue weighted by Crippen LogP contribution is 2.35. The van der Waals surface area contributed by atoms with Gasteiger partial charge in [0, 0.05) is 6.08 Å². The molecule has 1 aliphatic rings. The van der Waals surface area contributed by atoms with Gasteiger partial charge in [0.25, 0.3) is 0 Å². The van der Waals surface area contributed by atoms with Crippen LogP contribution in [0.15, 0.2) is 11.6 Å². The van der Waals surface area contributed by atoms with Crippen molar-refractivity contribution in [2.24, 2.45) is 5.92 Å². The maximum absolute atomic E-state index is 8.19. The molecule has 42 valence electrons. The molecule has 0 amide bonds. The molecule has 0 N–H and O–H groups in total. The fourth-order valence-corrected chi connectivity index (χ4v) is 0.758. The number of nitrogens with zero attached hydrogens (tertiary/aromatic N) is 1. The SMILES string of the molecule is C/C(=C\C#N)C1CC1. The van der Waals surface area contributed by atoms with Gasteiger partial charge >= 0.3 is 0 Å². The van der Waals surface area contributed by atoms with E-state index < -0.39 is 0 Å². The van der Waals surface area contributed by atoms with Gasteiger partial charge in [-0.2, -0.15) is 5.26 Å². The van der Waals surface area contributed by atoms with Crippen molar-refractivity contribution in [1.29, 1.82) is 5.26 Å². The molecule has 1 aliphatic carbocycles. The van der Waals surface area contributed by atoms with Gasteiger partial charge < -0.3 is 0 Å². The maximum Gasteiger partial charge on any atom is 0.0911 e. The molecule has 1 saturated carbocycles. The molecule has 8 heavy (non-hydrogen) atoms. The van der Waals surface area contributed by atoms with Gasteiger partial charge in [-0.25, -0.2) is 0 Å². The summed E-state index contributed by atoms with van der Waals surface area (Å²) >= 11 is 0. The second-order valence-electron chi connectivity index (χ2n) is 2.29. The van der Waals surface area contributed by atoms with E-state index >= 15 is 0 Å². The normalized spacial score (nSPS) is 20.2. The first-order chi connectivity index (χ1) is 3.84. The smallest absolute Gasteiger partial charge is 0.0911 e. The van der Waals surface area contributed by atoms with Gasteiger partial charge in [-0.3, -0.25) is 0 Å². The summed E-state index contributed by atoms with van der Waals surface area (Å²) < 4.78 is 0. The first kappa shape index (κ1) is 5.37. The number of allylic oxidation sites excluding steroid dienone is 2. The van der Waals surface area contributed by atoms with Crippen molar-refractivity contribution in [2.75, 3.05) is 0 Å². The topological polar surface area (TPSA) is 23.8 Å². The van der Waals surface area contributed by atoms with Crippen molar-refractivity contribution >= 4 is 0 Å². The van der Waals surface area contributed by atoms with Crippen molar-refractivity contribution in [2.45, 2.75) is 19.8 Å². The molecule has 1 heteroatoms. The fourth-order valence-electron chi connectivity index (χ4n) is 0.758. The van der Waals surface area contributed by atoms with Crippen LogP contribution in [0.1, 0.15) is 19.8 Å². The first-order valence-corrected chi connectivity index (χ1v) is 2.91. The number of nitriles is 1. The molecule has 0 unspecified atom stereocenters. The summed E-state index contributed by atoms with van der Waals surface area (Å²) in [6, 6.07) is 2.03. The second-order valence-corrected chi connectivity index (χ2v) is 2.29. The Morgan fingerprint density at radius 2 is 2.38 bits per heavy atom. The van der Waals surface area contributed by atoms with Crippen molar-refractivity contribution in [1.82, 2.24) is 0 Å². The number of hydrogen-bond acceptors (Lipinski definition) is 1. The van der Waals surface area contributed by atoms with E-state index in [1.165, 1.54) is 18.4 Å². The Hall–Kier alpha value is -0.770. The zero-order chi connectivity index (χ0) is 5.98. The molecular weight excluding hydrogens is 98.1 g/mol. The summed E-state index contributed by atoms with van der Waals surface area (Å²) in [4.78, 5) is 0. The van der Waals surface area contributed by atoms with Gasteiger partial charge in [0.2, 0.25) is 0 Å². The number of hydrogen-bond donors (Lipinski definition) is 0. The highest BCUT2D eigenvalue weighted by molar-refractivity contribution is 5.17. The minimum Gasteiger partial charge on any atom is -0.193 e. The maximum atomic E-state index is 8.19. The van der Waals surface area contributed by atoms with Crippen LogP contribution in [0.25, 0.3) is 0 Å². The van der Waals surface area contributed by atoms with Gasteiger partial charge in [0.15, 0.2) is 0 Å². The Kier molecular flexibility index (Phi) is 1.34. The van der Waals surface area contributed by atoms with Crippen molar-refractivity contribution < 1.29 is 0 Å². The highest BCUT2D eigenvalue weighted by atomic mass is 14.3. The molecule has 0 atom stereocenters.